The van der Waals surface area contributed by atoms with Crippen LogP contribution in [-0.2, 0) is 9.84 Å². The van der Waals surface area contributed by atoms with E-state index < -0.39 is 9.84 Å². The van der Waals surface area contributed by atoms with Gasteiger partial charge in [-0.25, -0.2) is 8.42 Å². The average Bonchev–Trinajstić information content (AvgIpc) is 2.82. The van der Waals surface area contributed by atoms with Crippen LogP contribution in [0.5, 0.6) is 0 Å². The Morgan fingerprint density at radius 3 is 2.62 bits per heavy atom. The highest BCUT2D eigenvalue weighted by Crippen LogP contribution is 2.36. The molecule has 1 saturated carbocycles. The molecule has 0 aromatic carbocycles. The fourth-order valence-electron chi connectivity index (χ4n) is 3.03. The SMILES string of the molecule is CCCS(=O)(=O)c1c(N)nsc1N(C)CC1CCCCC1. The molecular formula is C14H25N3O2S2. The van der Waals surface area contributed by atoms with Gasteiger partial charge in [-0.1, -0.05) is 26.2 Å². The van der Waals surface area contributed by atoms with Gasteiger partial charge in [0.25, 0.3) is 0 Å². The second-order valence-electron chi connectivity index (χ2n) is 5.91. The maximum Gasteiger partial charge on any atom is 0.185 e. The number of hydrogen-bond donors (Lipinski definition) is 1. The molecule has 0 amide bonds. The van der Waals surface area contributed by atoms with Gasteiger partial charge in [0.2, 0.25) is 0 Å². The van der Waals surface area contributed by atoms with E-state index in [1.807, 2.05) is 18.9 Å². The molecule has 7 heteroatoms. The third kappa shape index (κ3) is 3.88. The van der Waals surface area contributed by atoms with E-state index in [1.54, 1.807) is 0 Å². The van der Waals surface area contributed by atoms with Crippen molar-refractivity contribution in [1.29, 1.82) is 0 Å². The van der Waals surface area contributed by atoms with E-state index in [0.29, 0.717) is 17.3 Å². The van der Waals surface area contributed by atoms with E-state index in [9.17, 15) is 8.42 Å². The zero-order valence-corrected chi connectivity index (χ0v) is 14.5. The van der Waals surface area contributed by atoms with Gasteiger partial charge in [0.05, 0.1) is 5.75 Å². The Morgan fingerprint density at radius 2 is 2.00 bits per heavy atom. The van der Waals surface area contributed by atoms with Gasteiger partial charge in [0.15, 0.2) is 15.7 Å². The smallest absolute Gasteiger partial charge is 0.185 e. The second-order valence-corrected chi connectivity index (χ2v) is 8.70. The molecule has 1 aliphatic carbocycles. The predicted molar refractivity (Wildman–Crippen MR) is 88.7 cm³/mol. The molecule has 0 bridgehead atoms. The summed E-state index contributed by atoms with van der Waals surface area (Å²) in [6, 6.07) is 0. The van der Waals surface area contributed by atoms with Gasteiger partial charge in [0.1, 0.15) is 9.90 Å². The Balaban J connectivity index is 2.19. The number of nitrogen functional groups attached to an aromatic ring is 1. The van der Waals surface area contributed by atoms with Crippen LogP contribution in [0.3, 0.4) is 0 Å². The second kappa shape index (κ2) is 6.96. The molecule has 1 aromatic heterocycles. The van der Waals surface area contributed by atoms with E-state index in [-0.39, 0.29) is 16.5 Å². The topological polar surface area (TPSA) is 76.3 Å². The molecule has 1 aliphatic rings. The largest absolute Gasteiger partial charge is 0.382 e. The molecule has 2 N–H and O–H groups in total. The summed E-state index contributed by atoms with van der Waals surface area (Å²) in [5.74, 6) is 0.924. The Labute approximate surface area is 131 Å². The van der Waals surface area contributed by atoms with Crippen molar-refractivity contribution in [3.63, 3.8) is 0 Å². The summed E-state index contributed by atoms with van der Waals surface area (Å²) in [7, 11) is -1.38. The van der Waals surface area contributed by atoms with Crippen molar-refractivity contribution in [2.45, 2.75) is 50.3 Å². The van der Waals surface area contributed by atoms with Gasteiger partial charge in [-0.2, -0.15) is 4.37 Å². The van der Waals surface area contributed by atoms with Crippen LogP contribution in [0.1, 0.15) is 45.4 Å². The van der Waals surface area contributed by atoms with Crippen LogP contribution < -0.4 is 10.6 Å². The number of anilines is 2. The lowest BCUT2D eigenvalue weighted by atomic mass is 9.89. The van der Waals surface area contributed by atoms with Gasteiger partial charge in [-0.15, -0.1) is 0 Å². The molecule has 5 nitrogen and oxygen atoms in total. The fourth-order valence-corrected chi connectivity index (χ4v) is 5.79. The van der Waals surface area contributed by atoms with Crippen molar-refractivity contribution in [3.8, 4) is 0 Å². The first-order chi connectivity index (χ1) is 9.95. The number of nitrogens with zero attached hydrogens (tertiary/aromatic N) is 2. The Morgan fingerprint density at radius 1 is 1.33 bits per heavy atom. The normalized spacial score (nSPS) is 17.0. The number of sulfone groups is 1. The molecule has 21 heavy (non-hydrogen) atoms. The monoisotopic (exact) mass is 331 g/mol. The first-order valence-electron chi connectivity index (χ1n) is 7.64. The van der Waals surface area contributed by atoms with Crippen molar-refractivity contribution in [1.82, 2.24) is 4.37 Å². The standard InChI is InChI=1S/C14H25N3O2S2/c1-3-9-21(18,19)12-13(15)16-20-14(12)17(2)10-11-7-5-4-6-8-11/h11H,3-10H2,1-2H3,(H2,15,16). The van der Waals surface area contributed by atoms with E-state index in [4.69, 9.17) is 5.73 Å². The highest BCUT2D eigenvalue weighted by atomic mass is 32.2. The lowest BCUT2D eigenvalue weighted by Gasteiger charge is -2.27. The molecule has 0 unspecified atom stereocenters. The molecule has 0 aliphatic heterocycles. The van der Waals surface area contributed by atoms with Crippen molar-refractivity contribution >= 4 is 32.2 Å². The number of rotatable bonds is 6. The highest BCUT2D eigenvalue weighted by Gasteiger charge is 2.27. The van der Waals surface area contributed by atoms with E-state index in [2.05, 4.69) is 4.37 Å². The van der Waals surface area contributed by atoms with Crippen molar-refractivity contribution in [2.24, 2.45) is 5.92 Å². The summed E-state index contributed by atoms with van der Waals surface area (Å²) in [5, 5.41) is 0.700. The summed E-state index contributed by atoms with van der Waals surface area (Å²) >= 11 is 1.20. The third-order valence-electron chi connectivity index (χ3n) is 4.04. The van der Waals surface area contributed by atoms with Gasteiger partial charge in [-0.05, 0) is 36.7 Å². The number of nitrogens with two attached hydrogens (primary N) is 1. The Kier molecular flexibility index (Phi) is 5.48. The molecule has 0 saturated heterocycles. The zero-order chi connectivity index (χ0) is 15.5. The van der Waals surface area contributed by atoms with Gasteiger partial charge < -0.3 is 10.6 Å². The minimum Gasteiger partial charge on any atom is -0.382 e. The van der Waals surface area contributed by atoms with Crippen molar-refractivity contribution in [2.75, 3.05) is 30.0 Å². The van der Waals surface area contributed by atoms with Crippen molar-refractivity contribution in [3.05, 3.63) is 0 Å². The van der Waals surface area contributed by atoms with Crippen LogP contribution >= 0.6 is 11.5 Å². The van der Waals surface area contributed by atoms with Gasteiger partial charge in [-0.3, -0.25) is 0 Å². The summed E-state index contributed by atoms with van der Waals surface area (Å²) in [6.07, 6.45) is 6.94. The molecule has 2 rings (SSSR count). The first kappa shape index (κ1) is 16.5. The van der Waals surface area contributed by atoms with E-state index in [1.165, 1.54) is 43.6 Å². The quantitative estimate of drug-likeness (QED) is 0.867. The number of aromatic nitrogens is 1. The molecule has 1 fully saturated rings. The van der Waals surface area contributed by atoms with Crippen molar-refractivity contribution < 1.29 is 8.42 Å². The Hall–Kier alpha value is -0.820. The predicted octanol–water partition coefficient (Wildman–Crippen LogP) is 2.93. The van der Waals surface area contributed by atoms with Crippen LogP contribution in [0.15, 0.2) is 4.90 Å². The minimum absolute atomic E-state index is 0.125. The molecule has 0 radical (unpaired) electrons. The number of hydrogen-bond acceptors (Lipinski definition) is 6. The van der Waals surface area contributed by atoms with Crippen LogP contribution in [0.25, 0.3) is 0 Å². The summed E-state index contributed by atoms with van der Waals surface area (Å²) in [6.45, 7) is 2.75. The van der Waals surface area contributed by atoms with Gasteiger partial charge in [0, 0.05) is 13.6 Å². The summed E-state index contributed by atoms with van der Waals surface area (Å²) in [5.41, 5.74) is 5.82. The third-order valence-corrected chi connectivity index (χ3v) is 7.12. The lowest BCUT2D eigenvalue weighted by molar-refractivity contribution is 0.362. The average molecular weight is 332 g/mol. The first-order valence-corrected chi connectivity index (χ1v) is 10.1. The molecule has 1 aromatic rings. The van der Waals surface area contributed by atoms with Crippen LogP contribution in [-0.4, -0.2) is 32.1 Å². The van der Waals surface area contributed by atoms with Crippen LogP contribution in [0.4, 0.5) is 10.8 Å². The van der Waals surface area contributed by atoms with Crippen LogP contribution in [0, 0.1) is 5.92 Å². The highest BCUT2D eigenvalue weighted by molar-refractivity contribution is 7.91. The zero-order valence-electron chi connectivity index (χ0n) is 12.8. The summed E-state index contributed by atoms with van der Waals surface area (Å²) < 4.78 is 28.9. The molecule has 0 spiro atoms. The Bertz CT molecular complexity index is 563. The van der Waals surface area contributed by atoms with Crippen LogP contribution in [0.2, 0.25) is 0 Å². The fraction of sp³-hybridized carbons (Fsp3) is 0.786. The van der Waals surface area contributed by atoms with E-state index in [0.717, 1.165) is 6.54 Å². The molecule has 0 atom stereocenters. The maximum atomic E-state index is 12.4. The van der Waals surface area contributed by atoms with Gasteiger partial charge >= 0.3 is 0 Å². The molecule has 120 valence electrons. The lowest BCUT2D eigenvalue weighted by Crippen LogP contribution is -2.27. The minimum atomic E-state index is -3.33. The molecular weight excluding hydrogens is 306 g/mol. The molecule has 1 heterocycles. The summed E-state index contributed by atoms with van der Waals surface area (Å²) in [4.78, 5) is 2.28. The van der Waals surface area contributed by atoms with E-state index >= 15 is 0 Å². The maximum absolute atomic E-state index is 12.4.